The lowest BCUT2D eigenvalue weighted by atomic mass is 10.4. The van der Waals surface area contributed by atoms with Crippen molar-refractivity contribution in [2.24, 2.45) is 0 Å². The molecule has 0 bridgehead atoms. The van der Waals surface area contributed by atoms with Gasteiger partial charge in [-0.1, -0.05) is 0 Å². The second-order valence-corrected chi connectivity index (χ2v) is 4.86. The molecule has 0 atom stereocenters. The first-order chi connectivity index (χ1) is 9.22. The third kappa shape index (κ3) is 2.81. The van der Waals surface area contributed by atoms with E-state index in [9.17, 15) is 4.79 Å². The van der Waals surface area contributed by atoms with Crippen molar-refractivity contribution >= 4 is 5.91 Å². The Kier molecular flexibility index (Phi) is 3.02. The highest BCUT2D eigenvalue weighted by Gasteiger charge is 2.28. The van der Waals surface area contributed by atoms with Gasteiger partial charge in [-0.2, -0.15) is 5.10 Å². The summed E-state index contributed by atoms with van der Waals surface area (Å²) in [4.78, 5) is 16.0. The largest absolute Gasteiger partial charge is 0.347 e. The fraction of sp³-hybridized carbons (Fsp3) is 0.500. The molecule has 1 amide bonds. The van der Waals surface area contributed by atoms with Crippen molar-refractivity contribution < 1.29 is 4.79 Å². The molecular formula is C12H16N6O. The number of amides is 1. The molecule has 2 aromatic heterocycles. The Balaban J connectivity index is 1.50. The fourth-order valence-corrected chi connectivity index (χ4v) is 1.87. The summed E-state index contributed by atoms with van der Waals surface area (Å²) in [5.74, 6) is 1.28. The van der Waals surface area contributed by atoms with Crippen molar-refractivity contribution in [2.75, 3.05) is 6.54 Å². The van der Waals surface area contributed by atoms with Crippen LogP contribution in [-0.2, 0) is 6.54 Å². The molecular weight excluding hydrogens is 244 g/mol. The summed E-state index contributed by atoms with van der Waals surface area (Å²) >= 11 is 0. The first kappa shape index (κ1) is 11.9. The van der Waals surface area contributed by atoms with Crippen molar-refractivity contribution in [1.29, 1.82) is 0 Å². The van der Waals surface area contributed by atoms with Gasteiger partial charge in [0.2, 0.25) is 5.82 Å². The molecule has 1 aliphatic carbocycles. The average molecular weight is 260 g/mol. The minimum absolute atomic E-state index is 0.221. The number of H-pyrrole nitrogens is 1. The van der Waals surface area contributed by atoms with Gasteiger partial charge in [0.15, 0.2) is 0 Å². The fourth-order valence-electron chi connectivity index (χ4n) is 1.87. The molecule has 7 heteroatoms. The van der Waals surface area contributed by atoms with Gasteiger partial charge in [0, 0.05) is 18.7 Å². The lowest BCUT2D eigenvalue weighted by molar-refractivity contribution is 0.0942. The van der Waals surface area contributed by atoms with Crippen LogP contribution in [0.25, 0.3) is 0 Å². The molecule has 0 unspecified atom stereocenters. The van der Waals surface area contributed by atoms with Crippen molar-refractivity contribution in [2.45, 2.75) is 32.2 Å². The first-order valence-electron chi connectivity index (χ1n) is 6.42. The smallest absolute Gasteiger partial charge is 0.291 e. The molecule has 19 heavy (non-hydrogen) atoms. The Morgan fingerprint density at radius 3 is 3.11 bits per heavy atom. The maximum atomic E-state index is 11.8. The molecule has 0 aliphatic heterocycles. The SMILES string of the molecule is Cc1cnn(CCNC(=O)c2n[nH]c(C3CC3)n2)c1. The summed E-state index contributed by atoms with van der Waals surface area (Å²) in [7, 11) is 0. The summed E-state index contributed by atoms with van der Waals surface area (Å²) in [5.41, 5.74) is 1.11. The Bertz CT molecular complexity index is 583. The van der Waals surface area contributed by atoms with E-state index in [2.05, 4.69) is 25.6 Å². The molecule has 7 nitrogen and oxygen atoms in total. The number of nitrogens with zero attached hydrogens (tertiary/aromatic N) is 4. The molecule has 2 N–H and O–H groups in total. The molecule has 0 radical (unpaired) electrons. The Labute approximate surface area is 110 Å². The monoisotopic (exact) mass is 260 g/mol. The van der Waals surface area contributed by atoms with E-state index >= 15 is 0 Å². The standard InChI is InChI=1S/C12H16N6O/c1-8-6-14-18(7-8)5-4-13-12(19)11-15-10(16-17-11)9-2-3-9/h6-7,9H,2-5H2,1H3,(H,13,19)(H,15,16,17). The van der Waals surface area contributed by atoms with Crippen LogP contribution >= 0.6 is 0 Å². The zero-order valence-corrected chi connectivity index (χ0v) is 10.8. The molecule has 2 aromatic rings. The van der Waals surface area contributed by atoms with Gasteiger partial charge in [-0.05, 0) is 25.3 Å². The van der Waals surface area contributed by atoms with E-state index in [0.29, 0.717) is 19.0 Å². The van der Waals surface area contributed by atoms with E-state index in [0.717, 1.165) is 24.2 Å². The minimum atomic E-state index is -0.243. The van der Waals surface area contributed by atoms with Crippen LogP contribution in [-0.4, -0.2) is 37.4 Å². The number of aromatic nitrogens is 5. The van der Waals surface area contributed by atoms with E-state index in [-0.39, 0.29) is 11.7 Å². The molecule has 0 saturated heterocycles. The van der Waals surface area contributed by atoms with Crippen LogP contribution in [0.2, 0.25) is 0 Å². The summed E-state index contributed by atoms with van der Waals surface area (Å²) in [5, 5.41) is 13.7. The molecule has 1 fully saturated rings. The van der Waals surface area contributed by atoms with Gasteiger partial charge in [-0.3, -0.25) is 14.6 Å². The van der Waals surface area contributed by atoms with Crippen LogP contribution in [0.5, 0.6) is 0 Å². The van der Waals surface area contributed by atoms with Gasteiger partial charge in [-0.15, -0.1) is 5.10 Å². The minimum Gasteiger partial charge on any atom is -0.347 e. The maximum absolute atomic E-state index is 11.8. The summed E-state index contributed by atoms with van der Waals surface area (Å²) in [6, 6.07) is 0. The van der Waals surface area contributed by atoms with Crippen molar-refractivity contribution in [1.82, 2.24) is 30.3 Å². The van der Waals surface area contributed by atoms with Gasteiger partial charge in [0.1, 0.15) is 5.82 Å². The molecule has 2 heterocycles. The Hall–Kier alpha value is -2.18. The van der Waals surface area contributed by atoms with Gasteiger partial charge < -0.3 is 5.32 Å². The van der Waals surface area contributed by atoms with Crippen LogP contribution in [0.3, 0.4) is 0 Å². The predicted molar refractivity (Wildman–Crippen MR) is 67.7 cm³/mol. The number of aromatic amines is 1. The third-order valence-electron chi connectivity index (χ3n) is 3.06. The van der Waals surface area contributed by atoms with E-state index in [4.69, 9.17) is 0 Å². The molecule has 100 valence electrons. The molecule has 0 spiro atoms. The second kappa shape index (κ2) is 4.83. The first-order valence-corrected chi connectivity index (χ1v) is 6.42. The Morgan fingerprint density at radius 1 is 1.58 bits per heavy atom. The maximum Gasteiger partial charge on any atom is 0.291 e. The quantitative estimate of drug-likeness (QED) is 0.824. The lowest BCUT2D eigenvalue weighted by Gasteiger charge is -2.02. The van der Waals surface area contributed by atoms with Crippen LogP contribution in [0, 0.1) is 6.92 Å². The molecule has 1 aliphatic rings. The summed E-state index contributed by atoms with van der Waals surface area (Å²) in [6.07, 6.45) is 5.99. The summed E-state index contributed by atoms with van der Waals surface area (Å²) < 4.78 is 1.79. The van der Waals surface area contributed by atoms with E-state index < -0.39 is 0 Å². The van der Waals surface area contributed by atoms with Crippen molar-refractivity contribution in [3.63, 3.8) is 0 Å². The number of nitrogens with one attached hydrogen (secondary N) is 2. The normalized spacial score (nSPS) is 14.6. The van der Waals surface area contributed by atoms with Crippen LogP contribution in [0.15, 0.2) is 12.4 Å². The number of hydrogen-bond acceptors (Lipinski definition) is 4. The van der Waals surface area contributed by atoms with Crippen LogP contribution < -0.4 is 5.32 Å². The molecule has 1 saturated carbocycles. The number of aryl methyl sites for hydroxylation is 1. The van der Waals surface area contributed by atoms with Crippen LogP contribution in [0.4, 0.5) is 0 Å². The molecule has 0 aromatic carbocycles. The third-order valence-corrected chi connectivity index (χ3v) is 3.06. The predicted octanol–water partition coefficient (Wildman–Crippen LogP) is 0.617. The van der Waals surface area contributed by atoms with Gasteiger partial charge in [0.25, 0.3) is 5.91 Å². The zero-order chi connectivity index (χ0) is 13.2. The average Bonchev–Trinajstić information content (AvgIpc) is 2.97. The highest BCUT2D eigenvalue weighted by Crippen LogP contribution is 2.37. The zero-order valence-electron chi connectivity index (χ0n) is 10.8. The summed E-state index contributed by atoms with van der Waals surface area (Å²) in [6.45, 7) is 3.13. The highest BCUT2D eigenvalue weighted by atomic mass is 16.2. The lowest BCUT2D eigenvalue weighted by Crippen LogP contribution is -2.28. The van der Waals surface area contributed by atoms with Gasteiger partial charge in [0.05, 0.1) is 12.7 Å². The number of hydrogen-bond donors (Lipinski definition) is 2. The number of rotatable bonds is 5. The Morgan fingerprint density at radius 2 is 2.42 bits per heavy atom. The van der Waals surface area contributed by atoms with Crippen molar-refractivity contribution in [3.05, 3.63) is 29.6 Å². The van der Waals surface area contributed by atoms with E-state index in [1.165, 1.54) is 0 Å². The number of carbonyl (C=O) groups excluding carboxylic acids is 1. The molecule has 3 rings (SSSR count). The van der Waals surface area contributed by atoms with E-state index in [1.807, 2.05) is 13.1 Å². The highest BCUT2D eigenvalue weighted by molar-refractivity contribution is 5.90. The van der Waals surface area contributed by atoms with Crippen LogP contribution in [0.1, 0.15) is 40.8 Å². The topological polar surface area (TPSA) is 88.5 Å². The van der Waals surface area contributed by atoms with Gasteiger partial charge >= 0.3 is 0 Å². The second-order valence-electron chi connectivity index (χ2n) is 4.86. The van der Waals surface area contributed by atoms with Gasteiger partial charge in [-0.25, -0.2) is 4.98 Å². The van der Waals surface area contributed by atoms with Crippen molar-refractivity contribution in [3.8, 4) is 0 Å². The number of carbonyl (C=O) groups is 1. The van der Waals surface area contributed by atoms with E-state index in [1.54, 1.807) is 10.9 Å².